The molecule has 4 nitrogen and oxygen atoms in total. The third kappa shape index (κ3) is 1.88. The summed E-state index contributed by atoms with van der Waals surface area (Å²) in [6.45, 7) is 3.37. The number of pyridine rings is 1. The lowest BCUT2D eigenvalue weighted by atomic mass is 9.90. The lowest BCUT2D eigenvalue weighted by Crippen LogP contribution is -2.36. The molecule has 0 spiro atoms. The average molecular weight is 243 g/mol. The third-order valence-electron chi connectivity index (χ3n) is 3.84. The Balaban J connectivity index is 1.82. The van der Waals surface area contributed by atoms with Crippen LogP contribution in [0.5, 0.6) is 0 Å². The van der Waals surface area contributed by atoms with Gasteiger partial charge in [-0.25, -0.2) is 0 Å². The van der Waals surface area contributed by atoms with Gasteiger partial charge in [0.05, 0.1) is 11.0 Å². The normalized spacial score (nSPS) is 17.3. The van der Waals surface area contributed by atoms with Crippen molar-refractivity contribution in [2.75, 3.05) is 13.1 Å². The van der Waals surface area contributed by atoms with Gasteiger partial charge in [0.25, 0.3) is 0 Å². The number of nitrogens with zero attached hydrogens (tertiary/aromatic N) is 2. The molecule has 0 radical (unpaired) electrons. The van der Waals surface area contributed by atoms with Gasteiger partial charge in [-0.05, 0) is 36.5 Å². The highest BCUT2D eigenvalue weighted by Crippen LogP contribution is 2.31. The van der Waals surface area contributed by atoms with Gasteiger partial charge in [0.1, 0.15) is 0 Å². The molecule has 3 heterocycles. The Morgan fingerprint density at radius 1 is 1.44 bits per heavy atom. The van der Waals surface area contributed by atoms with Crippen LogP contribution < -0.4 is 0 Å². The monoisotopic (exact) mass is 243 g/mol. The first kappa shape index (κ1) is 11.3. The van der Waals surface area contributed by atoms with Gasteiger partial charge in [0.2, 0.25) is 5.91 Å². The molecule has 2 aromatic rings. The number of fused-ring (bicyclic) bond motifs is 1. The second kappa shape index (κ2) is 4.44. The highest BCUT2D eigenvalue weighted by atomic mass is 16.2. The van der Waals surface area contributed by atoms with Crippen LogP contribution in [0, 0.1) is 0 Å². The van der Waals surface area contributed by atoms with Crippen molar-refractivity contribution in [1.29, 1.82) is 0 Å². The van der Waals surface area contributed by atoms with Crippen LogP contribution in [0.2, 0.25) is 0 Å². The van der Waals surface area contributed by atoms with E-state index in [0.717, 1.165) is 37.0 Å². The Hall–Kier alpha value is -1.84. The van der Waals surface area contributed by atoms with Crippen molar-refractivity contribution in [1.82, 2.24) is 14.9 Å². The van der Waals surface area contributed by atoms with E-state index in [4.69, 9.17) is 0 Å². The molecule has 0 aliphatic carbocycles. The first-order chi connectivity index (χ1) is 8.75. The zero-order valence-electron chi connectivity index (χ0n) is 10.5. The van der Waals surface area contributed by atoms with Crippen LogP contribution >= 0.6 is 0 Å². The Labute approximate surface area is 106 Å². The number of amides is 1. The smallest absolute Gasteiger partial charge is 0.219 e. The van der Waals surface area contributed by atoms with Gasteiger partial charge in [0.15, 0.2) is 0 Å². The molecule has 18 heavy (non-hydrogen) atoms. The van der Waals surface area contributed by atoms with Gasteiger partial charge in [0, 0.05) is 32.4 Å². The lowest BCUT2D eigenvalue weighted by molar-refractivity contribution is -0.129. The first-order valence-electron chi connectivity index (χ1n) is 6.43. The fourth-order valence-electron chi connectivity index (χ4n) is 2.79. The molecule has 0 saturated carbocycles. The van der Waals surface area contributed by atoms with Crippen LogP contribution in [0.15, 0.2) is 24.5 Å². The van der Waals surface area contributed by atoms with Crippen molar-refractivity contribution in [3.63, 3.8) is 0 Å². The molecule has 0 unspecified atom stereocenters. The van der Waals surface area contributed by atoms with Crippen molar-refractivity contribution < 1.29 is 4.79 Å². The van der Waals surface area contributed by atoms with Crippen molar-refractivity contribution in [2.24, 2.45) is 0 Å². The molecule has 1 N–H and O–H groups in total. The van der Waals surface area contributed by atoms with E-state index in [-0.39, 0.29) is 5.91 Å². The molecule has 1 saturated heterocycles. The number of aromatic amines is 1. The number of H-pyrrole nitrogens is 1. The maximum absolute atomic E-state index is 11.3. The molecule has 0 aromatic carbocycles. The standard InChI is InChI=1S/C14H17N3O/c1-10(18)17-7-4-11(5-8-17)12-9-16-13-3-2-6-15-14(12)13/h2-3,6,9,11,16H,4-5,7-8H2,1H3. The van der Waals surface area contributed by atoms with E-state index in [1.165, 1.54) is 5.56 Å². The fraction of sp³-hybridized carbons (Fsp3) is 0.429. The summed E-state index contributed by atoms with van der Waals surface area (Å²) in [6, 6.07) is 4.00. The topological polar surface area (TPSA) is 49.0 Å². The molecule has 1 amide bonds. The van der Waals surface area contributed by atoms with Gasteiger partial charge in [-0.2, -0.15) is 0 Å². The lowest BCUT2D eigenvalue weighted by Gasteiger charge is -2.31. The molecular formula is C14H17N3O. The molecule has 0 bridgehead atoms. The molecule has 1 aliphatic rings. The maximum atomic E-state index is 11.3. The van der Waals surface area contributed by atoms with Gasteiger partial charge in [-0.3, -0.25) is 9.78 Å². The SMILES string of the molecule is CC(=O)N1CCC(c2c[nH]c3cccnc23)CC1. The van der Waals surface area contributed by atoms with Crippen molar-refractivity contribution in [3.05, 3.63) is 30.1 Å². The predicted molar refractivity (Wildman–Crippen MR) is 70.3 cm³/mol. The van der Waals surface area contributed by atoms with Crippen LogP contribution in [0.25, 0.3) is 11.0 Å². The van der Waals surface area contributed by atoms with Gasteiger partial charge < -0.3 is 9.88 Å². The maximum Gasteiger partial charge on any atom is 0.219 e. The summed E-state index contributed by atoms with van der Waals surface area (Å²) in [6.07, 6.45) is 5.97. The second-order valence-electron chi connectivity index (χ2n) is 4.92. The summed E-state index contributed by atoms with van der Waals surface area (Å²) in [5.41, 5.74) is 3.48. The first-order valence-corrected chi connectivity index (χ1v) is 6.43. The van der Waals surface area contributed by atoms with Crippen LogP contribution in [0.4, 0.5) is 0 Å². The Kier molecular flexibility index (Phi) is 2.78. The molecule has 94 valence electrons. The minimum absolute atomic E-state index is 0.186. The van der Waals surface area contributed by atoms with E-state index < -0.39 is 0 Å². The van der Waals surface area contributed by atoms with E-state index in [0.29, 0.717) is 5.92 Å². The van der Waals surface area contributed by atoms with E-state index in [2.05, 4.69) is 22.2 Å². The number of hydrogen-bond donors (Lipinski definition) is 1. The Morgan fingerprint density at radius 2 is 2.22 bits per heavy atom. The predicted octanol–water partition coefficient (Wildman–Crippen LogP) is 2.29. The average Bonchev–Trinajstić information content (AvgIpc) is 2.82. The Morgan fingerprint density at radius 3 is 2.94 bits per heavy atom. The van der Waals surface area contributed by atoms with Gasteiger partial charge >= 0.3 is 0 Å². The summed E-state index contributed by atoms with van der Waals surface area (Å²) in [5, 5.41) is 0. The molecular weight excluding hydrogens is 226 g/mol. The van der Waals surface area contributed by atoms with Crippen LogP contribution in [-0.2, 0) is 4.79 Å². The number of rotatable bonds is 1. The second-order valence-corrected chi connectivity index (χ2v) is 4.92. The zero-order chi connectivity index (χ0) is 12.5. The summed E-state index contributed by atoms with van der Waals surface area (Å²) in [7, 11) is 0. The van der Waals surface area contributed by atoms with E-state index >= 15 is 0 Å². The number of piperidine rings is 1. The number of carbonyl (C=O) groups excluding carboxylic acids is 1. The summed E-state index contributed by atoms with van der Waals surface area (Å²) < 4.78 is 0. The molecule has 1 aliphatic heterocycles. The quantitative estimate of drug-likeness (QED) is 0.835. The van der Waals surface area contributed by atoms with Crippen LogP contribution in [0.3, 0.4) is 0 Å². The number of nitrogens with one attached hydrogen (secondary N) is 1. The van der Waals surface area contributed by atoms with Crippen molar-refractivity contribution >= 4 is 16.9 Å². The minimum Gasteiger partial charge on any atom is -0.360 e. The highest BCUT2D eigenvalue weighted by molar-refractivity contribution is 5.79. The highest BCUT2D eigenvalue weighted by Gasteiger charge is 2.24. The molecule has 2 aromatic heterocycles. The van der Waals surface area contributed by atoms with Crippen LogP contribution in [0.1, 0.15) is 31.2 Å². The Bertz CT molecular complexity index is 567. The largest absolute Gasteiger partial charge is 0.360 e. The van der Waals surface area contributed by atoms with E-state index in [1.807, 2.05) is 17.2 Å². The zero-order valence-corrected chi connectivity index (χ0v) is 10.5. The molecule has 3 rings (SSSR count). The summed E-state index contributed by atoms with van der Waals surface area (Å²) in [5.74, 6) is 0.703. The summed E-state index contributed by atoms with van der Waals surface area (Å²) >= 11 is 0. The number of hydrogen-bond acceptors (Lipinski definition) is 2. The third-order valence-corrected chi connectivity index (χ3v) is 3.84. The van der Waals surface area contributed by atoms with Gasteiger partial charge in [-0.15, -0.1) is 0 Å². The van der Waals surface area contributed by atoms with E-state index in [9.17, 15) is 4.79 Å². The number of likely N-dealkylation sites (tertiary alicyclic amines) is 1. The van der Waals surface area contributed by atoms with Crippen LogP contribution in [-0.4, -0.2) is 33.9 Å². The number of carbonyl (C=O) groups is 1. The molecule has 1 fully saturated rings. The van der Waals surface area contributed by atoms with E-state index in [1.54, 1.807) is 6.92 Å². The number of aromatic nitrogens is 2. The van der Waals surface area contributed by atoms with Crippen molar-refractivity contribution in [3.8, 4) is 0 Å². The molecule has 4 heteroatoms. The minimum atomic E-state index is 0.186. The summed E-state index contributed by atoms with van der Waals surface area (Å²) in [4.78, 5) is 21.0. The fourth-order valence-corrected chi connectivity index (χ4v) is 2.79. The van der Waals surface area contributed by atoms with Gasteiger partial charge in [-0.1, -0.05) is 0 Å². The van der Waals surface area contributed by atoms with Crippen molar-refractivity contribution in [2.45, 2.75) is 25.7 Å². The molecule has 0 atom stereocenters.